The third kappa shape index (κ3) is 3.55. The van der Waals surface area contributed by atoms with Crippen molar-refractivity contribution in [3.8, 4) is 0 Å². The van der Waals surface area contributed by atoms with Gasteiger partial charge in [-0.25, -0.2) is 0 Å². The maximum absolute atomic E-state index is 11.0. The number of carbonyl (C=O) groups excluding carboxylic acids is 1. The number of allylic oxidation sites excluding steroid dienone is 1. The van der Waals surface area contributed by atoms with Crippen LogP contribution in [0.25, 0.3) is 6.08 Å². The van der Waals surface area contributed by atoms with E-state index in [0.717, 1.165) is 10.0 Å². The van der Waals surface area contributed by atoms with Crippen LogP contribution < -0.4 is 0 Å². The van der Waals surface area contributed by atoms with Crippen molar-refractivity contribution in [2.45, 2.75) is 13.3 Å². The molecule has 0 aliphatic heterocycles. The third-order valence-electron chi connectivity index (χ3n) is 1.68. The first kappa shape index (κ1) is 10.2. The van der Waals surface area contributed by atoms with Crippen LogP contribution in [0.5, 0.6) is 0 Å². The van der Waals surface area contributed by atoms with Crippen molar-refractivity contribution in [3.63, 3.8) is 0 Å². The Labute approximate surface area is 86.6 Å². The summed E-state index contributed by atoms with van der Waals surface area (Å²) in [5, 5.41) is 0. The summed E-state index contributed by atoms with van der Waals surface area (Å²) in [5.74, 6) is 0.155. The summed E-state index contributed by atoms with van der Waals surface area (Å²) >= 11 is 3.35. The van der Waals surface area contributed by atoms with E-state index in [0.29, 0.717) is 6.42 Å². The maximum Gasteiger partial charge on any atom is 0.155 e. The van der Waals surface area contributed by atoms with Gasteiger partial charge in [-0.2, -0.15) is 0 Å². The molecule has 1 aromatic rings. The van der Waals surface area contributed by atoms with Crippen molar-refractivity contribution in [1.82, 2.24) is 0 Å². The number of halogens is 1. The summed E-state index contributed by atoms with van der Waals surface area (Å²) in [6, 6.07) is 7.83. The number of ketones is 1. The van der Waals surface area contributed by atoms with Crippen LogP contribution in [0.1, 0.15) is 18.9 Å². The van der Waals surface area contributed by atoms with Gasteiger partial charge in [0.25, 0.3) is 0 Å². The molecule has 0 heterocycles. The van der Waals surface area contributed by atoms with Gasteiger partial charge in [-0.3, -0.25) is 4.79 Å². The van der Waals surface area contributed by atoms with Gasteiger partial charge in [0.1, 0.15) is 0 Å². The minimum absolute atomic E-state index is 0.155. The smallest absolute Gasteiger partial charge is 0.155 e. The second-order valence-electron chi connectivity index (χ2n) is 2.70. The van der Waals surface area contributed by atoms with Crippen LogP contribution in [0.3, 0.4) is 0 Å². The lowest BCUT2D eigenvalue weighted by Gasteiger charge is -1.92. The first-order valence-corrected chi connectivity index (χ1v) is 4.98. The molecule has 0 saturated heterocycles. The molecule has 0 saturated carbocycles. The molecule has 0 bridgehead atoms. The molecule has 2 heteroatoms. The van der Waals surface area contributed by atoms with E-state index in [2.05, 4.69) is 15.9 Å². The summed E-state index contributed by atoms with van der Waals surface area (Å²) in [6.07, 6.45) is 4.01. The van der Waals surface area contributed by atoms with E-state index in [9.17, 15) is 4.79 Å². The maximum atomic E-state index is 11.0. The van der Waals surface area contributed by atoms with Gasteiger partial charge in [0.05, 0.1) is 0 Å². The molecular weight excluding hydrogens is 228 g/mol. The lowest BCUT2D eigenvalue weighted by Crippen LogP contribution is -1.86. The van der Waals surface area contributed by atoms with E-state index in [4.69, 9.17) is 0 Å². The molecule has 1 nitrogen and oxygen atoms in total. The molecule has 0 aromatic heterocycles. The Bertz CT molecular complexity index is 311. The first-order chi connectivity index (χ1) is 6.22. The van der Waals surface area contributed by atoms with Crippen LogP contribution in [0, 0.1) is 0 Å². The van der Waals surface area contributed by atoms with Gasteiger partial charge in [-0.15, -0.1) is 0 Å². The molecule has 1 aromatic carbocycles. The lowest BCUT2D eigenvalue weighted by atomic mass is 10.2. The summed E-state index contributed by atoms with van der Waals surface area (Å²) < 4.78 is 1.05. The van der Waals surface area contributed by atoms with Gasteiger partial charge in [0, 0.05) is 10.9 Å². The molecule has 0 fully saturated rings. The highest BCUT2D eigenvalue weighted by Gasteiger charge is 1.90. The Hall–Kier alpha value is -0.890. The highest BCUT2D eigenvalue weighted by atomic mass is 79.9. The van der Waals surface area contributed by atoms with Crippen molar-refractivity contribution >= 4 is 27.8 Å². The van der Waals surface area contributed by atoms with Crippen LogP contribution in [-0.2, 0) is 4.79 Å². The molecule has 1 rings (SSSR count). The van der Waals surface area contributed by atoms with Gasteiger partial charge in [-0.1, -0.05) is 41.1 Å². The number of benzene rings is 1. The summed E-state index contributed by atoms with van der Waals surface area (Å²) in [6.45, 7) is 1.86. The lowest BCUT2D eigenvalue weighted by molar-refractivity contribution is -0.114. The molecule has 0 aliphatic carbocycles. The van der Waals surface area contributed by atoms with Crippen molar-refractivity contribution in [2.24, 2.45) is 0 Å². The fraction of sp³-hybridized carbons (Fsp3) is 0.182. The average molecular weight is 239 g/mol. The predicted octanol–water partition coefficient (Wildman–Crippen LogP) is 3.44. The van der Waals surface area contributed by atoms with E-state index in [-0.39, 0.29) is 5.78 Å². The fourth-order valence-corrected chi connectivity index (χ4v) is 1.15. The van der Waals surface area contributed by atoms with E-state index < -0.39 is 0 Å². The zero-order chi connectivity index (χ0) is 9.68. The Balaban J connectivity index is 2.69. The molecule has 0 radical (unpaired) electrons. The average Bonchev–Trinajstić information content (AvgIpc) is 2.16. The van der Waals surface area contributed by atoms with Crippen LogP contribution in [0.2, 0.25) is 0 Å². The summed E-state index contributed by atoms with van der Waals surface area (Å²) in [4.78, 5) is 11.0. The minimum atomic E-state index is 0.155. The zero-order valence-electron chi connectivity index (χ0n) is 7.46. The minimum Gasteiger partial charge on any atom is -0.295 e. The first-order valence-electron chi connectivity index (χ1n) is 4.19. The van der Waals surface area contributed by atoms with Crippen LogP contribution >= 0.6 is 15.9 Å². The third-order valence-corrected chi connectivity index (χ3v) is 2.21. The molecule has 0 spiro atoms. The number of carbonyl (C=O) groups is 1. The van der Waals surface area contributed by atoms with Gasteiger partial charge in [0.15, 0.2) is 5.78 Å². The molecular formula is C11H11BrO. The monoisotopic (exact) mass is 238 g/mol. The SMILES string of the molecule is CCC(=O)/C=C/c1ccc(Br)cc1. The van der Waals surface area contributed by atoms with Gasteiger partial charge in [0.2, 0.25) is 0 Å². The van der Waals surface area contributed by atoms with Crippen molar-refractivity contribution < 1.29 is 4.79 Å². The highest BCUT2D eigenvalue weighted by molar-refractivity contribution is 9.10. The van der Waals surface area contributed by atoms with Gasteiger partial charge < -0.3 is 0 Å². The molecule has 13 heavy (non-hydrogen) atoms. The Kier molecular flexibility index (Phi) is 3.90. The van der Waals surface area contributed by atoms with Gasteiger partial charge >= 0.3 is 0 Å². The van der Waals surface area contributed by atoms with E-state index >= 15 is 0 Å². The second-order valence-corrected chi connectivity index (χ2v) is 3.62. The number of hydrogen-bond acceptors (Lipinski definition) is 1. The number of hydrogen-bond donors (Lipinski definition) is 0. The largest absolute Gasteiger partial charge is 0.295 e. The molecule has 0 atom stereocenters. The van der Waals surface area contributed by atoms with Gasteiger partial charge in [-0.05, 0) is 23.8 Å². The normalized spacial score (nSPS) is 10.6. The quantitative estimate of drug-likeness (QED) is 0.738. The summed E-state index contributed by atoms with van der Waals surface area (Å²) in [7, 11) is 0. The zero-order valence-corrected chi connectivity index (χ0v) is 9.04. The molecule has 0 aliphatic rings. The van der Waals surface area contributed by atoms with Crippen molar-refractivity contribution in [1.29, 1.82) is 0 Å². The molecule has 0 amide bonds. The fourth-order valence-electron chi connectivity index (χ4n) is 0.881. The Morgan fingerprint density at radius 3 is 2.54 bits per heavy atom. The Morgan fingerprint density at radius 1 is 1.38 bits per heavy atom. The number of rotatable bonds is 3. The van der Waals surface area contributed by atoms with Crippen LogP contribution in [-0.4, -0.2) is 5.78 Å². The molecule has 68 valence electrons. The topological polar surface area (TPSA) is 17.1 Å². The van der Waals surface area contributed by atoms with E-state index in [1.54, 1.807) is 6.08 Å². The van der Waals surface area contributed by atoms with Crippen LogP contribution in [0.4, 0.5) is 0 Å². The second kappa shape index (κ2) is 4.97. The standard InChI is InChI=1S/C11H11BrO/c1-2-11(13)8-5-9-3-6-10(12)7-4-9/h3-8H,2H2,1H3/b8-5+. The van der Waals surface area contributed by atoms with E-state index in [1.807, 2.05) is 37.3 Å². The summed E-state index contributed by atoms with van der Waals surface area (Å²) in [5.41, 5.74) is 1.05. The predicted molar refractivity (Wildman–Crippen MR) is 58.5 cm³/mol. The van der Waals surface area contributed by atoms with Crippen LogP contribution in [0.15, 0.2) is 34.8 Å². The van der Waals surface area contributed by atoms with Crippen molar-refractivity contribution in [2.75, 3.05) is 0 Å². The molecule has 0 N–H and O–H groups in total. The Morgan fingerprint density at radius 2 is 2.00 bits per heavy atom. The molecule has 0 unspecified atom stereocenters. The highest BCUT2D eigenvalue weighted by Crippen LogP contribution is 2.11. The van der Waals surface area contributed by atoms with E-state index in [1.165, 1.54) is 0 Å². The van der Waals surface area contributed by atoms with Crippen molar-refractivity contribution in [3.05, 3.63) is 40.4 Å².